The van der Waals surface area contributed by atoms with Gasteiger partial charge in [-0.05, 0) is 49.3 Å². The number of aryl methyl sites for hydroxylation is 1. The molecule has 1 aromatic carbocycles. The molecule has 1 aromatic heterocycles. The van der Waals surface area contributed by atoms with Crippen LogP contribution in [0.4, 0.5) is 0 Å². The number of rotatable bonds is 5. The lowest BCUT2D eigenvalue weighted by Crippen LogP contribution is -2.28. The van der Waals surface area contributed by atoms with Crippen molar-refractivity contribution in [3.8, 4) is 0 Å². The zero-order valence-electron chi connectivity index (χ0n) is 16.7. The molecule has 0 amide bonds. The van der Waals surface area contributed by atoms with E-state index >= 15 is 0 Å². The van der Waals surface area contributed by atoms with E-state index in [4.69, 9.17) is 0 Å². The van der Waals surface area contributed by atoms with Crippen molar-refractivity contribution in [3.63, 3.8) is 0 Å². The molecule has 4 rings (SSSR count). The van der Waals surface area contributed by atoms with Gasteiger partial charge in [-0.3, -0.25) is 0 Å². The maximum Gasteiger partial charge on any atom is 0.243 e. The molecule has 0 saturated heterocycles. The first-order valence-electron chi connectivity index (χ1n) is 10.5. The number of hydrogen-bond acceptors (Lipinski definition) is 4. The lowest BCUT2D eigenvalue weighted by atomic mass is 9.84. The van der Waals surface area contributed by atoms with Crippen LogP contribution >= 0.6 is 0 Å². The summed E-state index contributed by atoms with van der Waals surface area (Å²) in [5.41, 5.74) is 1.27. The topological polar surface area (TPSA) is 68.1 Å². The van der Waals surface area contributed by atoms with Gasteiger partial charge in [-0.15, -0.1) is 10.2 Å². The SMILES string of the molecule is CN(Cc1nnc2n1CCCCC2)S(=O)(=O)c1ccc(C2CCCCC2)cc1. The van der Waals surface area contributed by atoms with Crippen LogP contribution < -0.4 is 0 Å². The van der Waals surface area contributed by atoms with E-state index in [1.807, 2.05) is 12.1 Å². The van der Waals surface area contributed by atoms with Gasteiger partial charge in [0.1, 0.15) is 11.6 Å². The third-order valence-electron chi connectivity index (χ3n) is 6.22. The van der Waals surface area contributed by atoms with Gasteiger partial charge < -0.3 is 4.57 Å². The number of fused-ring (bicyclic) bond motifs is 1. The molecule has 6 nitrogen and oxygen atoms in total. The summed E-state index contributed by atoms with van der Waals surface area (Å²) in [7, 11) is -1.92. The molecule has 1 aliphatic heterocycles. The van der Waals surface area contributed by atoms with Crippen LogP contribution in [-0.2, 0) is 29.5 Å². The Balaban J connectivity index is 1.49. The van der Waals surface area contributed by atoms with Gasteiger partial charge in [-0.1, -0.05) is 37.8 Å². The Morgan fingerprint density at radius 3 is 2.46 bits per heavy atom. The predicted molar refractivity (Wildman–Crippen MR) is 108 cm³/mol. The van der Waals surface area contributed by atoms with Gasteiger partial charge in [0.25, 0.3) is 0 Å². The molecule has 2 aliphatic rings. The summed E-state index contributed by atoms with van der Waals surface area (Å²) in [6.45, 7) is 1.13. The average Bonchev–Trinajstić information content (AvgIpc) is 2.95. The van der Waals surface area contributed by atoms with E-state index in [2.05, 4.69) is 14.8 Å². The van der Waals surface area contributed by atoms with Crippen LogP contribution in [0, 0.1) is 0 Å². The molecule has 28 heavy (non-hydrogen) atoms. The lowest BCUT2D eigenvalue weighted by Gasteiger charge is -2.22. The first-order chi connectivity index (χ1) is 13.6. The Morgan fingerprint density at radius 2 is 1.71 bits per heavy atom. The Hall–Kier alpha value is -1.73. The van der Waals surface area contributed by atoms with E-state index in [1.165, 1.54) is 48.4 Å². The second-order valence-electron chi connectivity index (χ2n) is 8.16. The van der Waals surface area contributed by atoms with Crippen molar-refractivity contribution in [2.45, 2.75) is 81.7 Å². The fraction of sp³-hybridized carbons (Fsp3) is 0.619. The molecule has 2 aromatic rings. The van der Waals surface area contributed by atoms with E-state index in [-0.39, 0.29) is 6.54 Å². The summed E-state index contributed by atoms with van der Waals surface area (Å²) in [6, 6.07) is 7.53. The Kier molecular flexibility index (Phi) is 5.83. The van der Waals surface area contributed by atoms with Crippen molar-refractivity contribution in [1.29, 1.82) is 0 Å². The van der Waals surface area contributed by atoms with Crippen LogP contribution in [0.5, 0.6) is 0 Å². The highest BCUT2D eigenvalue weighted by molar-refractivity contribution is 7.89. The highest BCUT2D eigenvalue weighted by atomic mass is 32.2. The van der Waals surface area contributed by atoms with Crippen LogP contribution in [0.2, 0.25) is 0 Å². The van der Waals surface area contributed by atoms with Crippen LogP contribution in [0.25, 0.3) is 0 Å². The highest BCUT2D eigenvalue weighted by Gasteiger charge is 2.25. The molecule has 1 fully saturated rings. The van der Waals surface area contributed by atoms with E-state index < -0.39 is 10.0 Å². The van der Waals surface area contributed by atoms with Crippen LogP contribution in [0.3, 0.4) is 0 Å². The minimum absolute atomic E-state index is 0.250. The van der Waals surface area contributed by atoms with Crippen molar-refractivity contribution >= 4 is 10.0 Å². The first-order valence-corrected chi connectivity index (χ1v) is 12.0. The predicted octanol–water partition coefficient (Wildman–Crippen LogP) is 3.87. The van der Waals surface area contributed by atoms with E-state index in [0.717, 1.165) is 37.5 Å². The molecular formula is C21H30N4O2S. The highest BCUT2D eigenvalue weighted by Crippen LogP contribution is 2.33. The molecular weight excluding hydrogens is 372 g/mol. The summed E-state index contributed by atoms with van der Waals surface area (Å²) < 4.78 is 29.6. The zero-order valence-corrected chi connectivity index (χ0v) is 17.5. The minimum Gasteiger partial charge on any atom is -0.314 e. The molecule has 0 N–H and O–H groups in total. The fourth-order valence-electron chi connectivity index (χ4n) is 4.47. The molecule has 0 spiro atoms. The fourth-order valence-corrected chi connectivity index (χ4v) is 5.60. The third kappa shape index (κ3) is 4.01. The summed E-state index contributed by atoms with van der Waals surface area (Å²) >= 11 is 0. The van der Waals surface area contributed by atoms with Crippen molar-refractivity contribution in [2.24, 2.45) is 0 Å². The molecule has 2 heterocycles. The summed E-state index contributed by atoms with van der Waals surface area (Å²) in [5, 5.41) is 8.55. The monoisotopic (exact) mass is 402 g/mol. The molecule has 0 bridgehead atoms. The average molecular weight is 403 g/mol. The molecule has 7 heteroatoms. The van der Waals surface area contributed by atoms with Gasteiger partial charge in [0.05, 0.1) is 11.4 Å². The molecule has 152 valence electrons. The van der Waals surface area contributed by atoms with Crippen molar-refractivity contribution in [2.75, 3.05) is 7.05 Å². The van der Waals surface area contributed by atoms with Crippen molar-refractivity contribution < 1.29 is 8.42 Å². The van der Waals surface area contributed by atoms with Gasteiger partial charge in [-0.2, -0.15) is 4.31 Å². The lowest BCUT2D eigenvalue weighted by molar-refractivity contribution is 0.441. The largest absolute Gasteiger partial charge is 0.314 e. The molecule has 1 aliphatic carbocycles. The van der Waals surface area contributed by atoms with E-state index in [9.17, 15) is 8.42 Å². The Bertz CT molecular complexity index is 899. The summed E-state index contributed by atoms with van der Waals surface area (Å²) in [4.78, 5) is 0.352. The van der Waals surface area contributed by atoms with Crippen molar-refractivity contribution in [1.82, 2.24) is 19.1 Å². The zero-order chi connectivity index (χ0) is 19.6. The van der Waals surface area contributed by atoms with Crippen LogP contribution in [0.15, 0.2) is 29.2 Å². The number of nitrogens with zero attached hydrogens (tertiary/aromatic N) is 4. The van der Waals surface area contributed by atoms with Crippen molar-refractivity contribution in [3.05, 3.63) is 41.5 Å². The van der Waals surface area contributed by atoms with Gasteiger partial charge >= 0.3 is 0 Å². The summed E-state index contributed by atoms with van der Waals surface area (Å²) in [6.07, 6.45) is 10.6. The normalized spacial score (nSPS) is 18.8. The third-order valence-corrected chi connectivity index (χ3v) is 8.03. The summed E-state index contributed by atoms with van der Waals surface area (Å²) in [5.74, 6) is 2.30. The number of aromatic nitrogens is 3. The van der Waals surface area contributed by atoms with Gasteiger partial charge in [0.2, 0.25) is 10.0 Å². The van der Waals surface area contributed by atoms with Gasteiger partial charge in [-0.25, -0.2) is 8.42 Å². The molecule has 0 unspecified atom stereocenters. The standard InChI is InChI=1S/C21H30N4O2S/c1-24(16-21-23-22-20-10-6-3-7-15-25(20)21)28(26,27)19-13-11-18(12-14-19)17-8-4-2-5-9-17/h11-14,17H,2-10,15-16H2,1H3. The maximum absolute atomic E-state index is 13.1. The minimum atomic E-state index is -3.55. The molecule has 0 radical (unpaired) electrons. The quantitative estimate of drug-likeness (QED) is 0.761. The smallest absolute Gasteiger partial charge is 0.243 e. The Morgan fingerprint density at radius 1 is 1.00 bits per heavy atom. The molecule has 1 saturated carbocycles. The van der Waals surface area contributed by atoms with Gasteiger partial charge in [0, 0.05) is 20.0 Å². The number of sulfonamides is 1. The first kappa shape index (κ1) is 19.6. The number of benzene rings is 1. The second kappa shape index (κ2) is 8.33. The molecule has 0 atom stereocenters. The number of hydrogen-bond donors (Lipinski definition) is 0. The van der Waals surface area contributed by atoms with Gasteiger partial charge in [0.15, 0.2) is 0 Å². The maximum atomic E-state index is 13.1. The van der Waals surface area contributed by atoms with Crippen LogP contribution in [0.1, 0.15) is 74.5 Å². The van der Waals surface area contributed by atoms with E-state index in [1.54, 1.807) is 19.2 Å². The second-order valence-corrected chi connectivity index (χ2v) is 10.2. The van der Waals surface area contributed by atoms with E-state index in [0.29, 0.717) is 10.8 Å². The Labute approximate surface area is 168 Å². The van der Waals surface area contributed by atoms with Crippen LogP contribution in [-0.4, -0.2) is 34.5 Å².